The van der Waals surface area contributed by atoms with Crippen molar-refractivity contribution in [3.05, 3.63) is 17.6 Å². The first-order chi connectivity index (χ1) is 12.5. The maximum absolute atomic E-state index is 12.6. The van der Waals surface area contributed by atoms with Crippen LogP contribution in [-0.4, -0.2) is 34.3 Å². The first-order valence-electron chi connectivity index (χ1n) is 9.81. The first kappa shape index (κ1) is 18.8. The lowest BCUT2D eigenvalue weighted by molar-refractivity contribution is -0.120. The third-order valence-electron chi connectivity index (χ3n) is 4.87. The van der Waals surface area contributed by atoms with Crippen molar-refractivity contribution >= 4 is 11.7 Å². The predicted molar refractivity (Wildman–Crippen MR) is 98.2 cm³/mol. The molecule has 1 aromatic rings. The Hall–Kier alpha value is -1.98. The minimum absolute atomic E-state index is 0.0415. The van der Waals surface area contributed by atoms with Crippen molar-refractivity contribution in [3.8, 4) is 5.88 Å². The molecule has 0 spiro atoms. The Bertz CT molecular complexity index is 666. The normalized spacial score (nSPS) is 17.8. The van der Waals surface area contributed by atoms with Gasteiger partial charge in [-0.25, -0.2) is 4.98 Å². The SMILES string of the molecule is CCC(=O)[C@H](CC(C)C)NC(=O)c1cnc(C2CC2)c(OCC2CC2)n1. The lowest BCUT2D eigenvalue weighted by Gasteiger charge is -2.19. The molecular weight excluding hydrogens is 330 g/mol. The fourth-order valence-electron chi connectivity index (χ4n) is 2.94. The lowest BCUT2D eigenvalue weighted by Crippen LogP contribution is -2.41. The quantitative estimate of drug-likeness (QED) is 0.693. The highest BCUT2D eigenvalue weighted by atomic mass is 16.5. The summed E-state index contributed by atoms with van der Waals surface area (Å²) >= 11 is 0. The highest BCUT2D eigenvalue weighted by molar-refractivity contribution is 5.96. The number of rotatable bonds is 10. The van der Waals surface area contributed by atoms with Crippen molar-refractivity contribution in [2.45, 2.75) is 71.3 Å². The molecule has 0 unspecified atom stereocenters. The number of nitrogens with zero attached hydrogens (tertiary/aromatic N) is 2. The van der Waals surface area contributed by atoms with E-state index >= 15 is 0 Å². The van der Waals surface area contributed by atoms with E-state index in [-0.39, 0.29) is 17.4 Å². The summed E-state index contributed by atoms with van der Waals surface area (Å²) in [6, 6.07) is -0.478. The van der Waals surface area contributed by atoms with E-state index in [9.17, 15) is 9.59 Å². The average Bonchev–Trinajstić information content (AvgIpc) is 3.51. The molecule has 0 bridgehead atoms. The average molecular weight is 359 g/mol. The molecule has 1 aromatic heterocycles. The predicted octanol–water partition coefficient (Wildman–Crippen LogP) is 3.27. The first-order valence-corrected chi connectivity index (χ1v) is 9.81. The number of ketones is 1. The molecule has 1 N–H and O–H groups in total. The van der Waals surface area contributed by atoms with E-state index in [1.165, 1.54) is 19.0 Å². The van der Waals surface area contributed by atoms with E-state index in [0.29, 0.717) is 43.1 Å². The number of carbonyl (C=O) groups excluding carboxylic acids is 2. The topological polar surface area (TPSA) is 81.2 Å². The Morgan fingerprint density at radius 3 is 2.58 bits per heavy atom. The van der Waals surface area contributed by atoms with Crippen molar-refractivity contribution in [2.24, 2.45) is 11.8 Å². The monoisotopic (exact) mass is 359 g/mol. The summed E-state index contributed by atoms with van der Waals surface area (Å²) in [6.45, 7) is 6.53. The molecule has 142 valence electrons. The molecule has 2 saturated carbocycles. The van der Waals surface area contributed by atoms with E-state index in [0.717, 1.165) is 18.5 Å². The molecule has 2 fully saturated rings. The summed E-state index contributed by atoms with van der Waals surface area (Å²) in [6.07, 6.45) is 7.13. The van der Waals surface area contributed by atoms with E-state index in [1.54, 1.807) is 0 Å². The van der Waals surface area contributed by atoms with E-state index in [2.05, 4.69) is 15.3 Å². The highest BCUT2D eigenvalue weighted by Gasteiger charge is 2.31. The van der Waals surface area contributed by atoms with Crippen LogP contribution in [-0.2, 0) is 4.79 Å². The van der Waals surface area contributed by atoms with Gasteiger partial charge in [-0.2, -0.15) is 0 Å². The Morgan fingerprint density at radius 2 is 2.00 bits per heavy atom. The summed E-state index contributed by atoms with van der Waals surface area (Å²) in [4.78, 5) is 33.7. The molecule has 0 radical (unpaired) electrons. The largest absolute Gasteiger partial charge is 0.476 e. The second-order valence-electron chi connectivity index (χ2n) is 7.95. The van der Waals surface area contributed by atoms with Crippen LogP contribution in [0.3, 0.4) is 0 Å². The molecule has 1 amide bonds. The van der Waals surface area contributed by atoms with Crippen LogP contribution in [0.2, 0.25) is 0 Å². The van der Waals surface area contributed by atoms with Crippen molar-refractivity contribution in [1.82, 2.24) is 15.3 Å². The van der Waals surface area contributed by atoms with Gasteiger partial charge >= 0.3 is 0 Å². The second kappa shape index (κ2) is 8.14. The molecule has 26 heavy (non-hydrogen) atoms. The van der Waals surface area contributed by atoms with E-state index < -0.39 is 6.04 Å². The highest BCUT2D eigenvalue weighted by Crippen LogP contribution is 2.42. The maximum atomic E-state index is 12.6. The lowest BCUT2D eigenvalue weighted by atomic mass is 9.99. The third-order valence-corrected chi connectivity index (χ3v) is 4.87. The number of aromatic nitrogens is 2. The summed E-state index contributed by atoms with van der Waals surface area (Å²) < 4.78 is 5.87. The Morgan fingerprint density at radius 1 is 1.27 bits per heavy atom. The maximum Gasteiger partial charge on any atom is 0.272 e. The third kappa shape index (κ3) is 5.02. The number of nitrogens with one attached hydrogen (secondary N) is 1. The number of ether oxygens (including phenoxy) is 1. The van der Waals surface area contributed by atoms with Gasteiger partial charge in [0.15, 0.2) is 5.78 Å². The van der Waals surface area contributed by atoms with Crippen molar-refractivity contribution < 1.29 is 14.3 Å². The van der Waals surface area contributed by atoms with Crippen LogP contribution in [0.25, 0.3) is 0 Å². The summed E-state index contributed by atoms with van der Waals surface area (Å²) in [5.41, 5.74) is 1.09. The van der Waals surface area contributed by atoms with Crippen LogP contribution in [0.5, 0.6) is 5.88 Å². The summed E-state index contributed by atoms with van der Waals surface area (Å²) in [5.74, 6) is 1.51. The molecular formula is C20H29N3O3. The fourth-order valence-corrected chi connectivity index (χ4v) is 2.94. The summed E-state index contributed by atoms with van der Waals surface area (Å²) in [5, 5.41) is 2.84. The van der Waals surface area contributed by atoms with Gasteiger partial charge in [0.2, 0.25) is 5.88 Å². The Labute approximate surface area is 155 Å². The minimum atomic E-state index is -0.478. The molecule has 0 aliphatic heterocycles. The zero-order valence-corrected chi connectivity index (χ0v) is 16.0. The van der Waals surface area contributed by atoms with Gasteiger partial charge in [0, 0.05) is 12.3 Å². The number of carbonyl (C=O) groups is 2. The second-order valence-corrected chi connectivity index (χ2v) is 7.95. The number of Topliss-reactive ketones (excluding diaryl/α,β-unsaturated/α-hetero) is 1. The molecule has 2 aliphatic rings. The number of hydrogen-bond acceptors (Lipinski definition) is 5. The van der Waals surface area contributed by atoms with Gasteiger partial charge in [0.05, 0.1) is 18.8 Å². The number of amides is 1. The zero-order chi connectivity index (χ0) is 18.7. The fraction of sp³-hybridized carbons (Fsp3) is 0.700. The zero-order valence-electron chi connectivity index (χ0n) is 16.0. The molecule has 6 heteroatoms. The van der Waals surface area contributed by atoms with Crippen LogP contribution < -0.4 is 10.1 Å². The van der Waals surface area contributed by atoms with Crippen molar-refractivity contribution in [1.29, 1.82) is 0 Å². The Balaban J connectivity index is 1.72. The van der Waals surface area contributed by atoms with Crippen LogP contribution in [0, 0.1) is 11.8 Å². The Kier molecular flexibility index (Phi) is 5.89. The van der Waals surface area contributed by atoms with Crippen LogP contribution >= 0.6 is 0 Å². The molecule has 3 rings (SSSR count). The molecule has 0 saturated heterocycles. The molecule has 2 aliphatic carbocycles. The van der Waals surface area contributed by atoms with Crippen molar-refractivity contribution in [2.75, 3.05) is 6.61 Å². The van der Waals surface area contributed by atoms with Gasteiger partial charge in [-0.3, -0.25) is 14.6 Å². The molecule has 6 nitrogen and oxygen atoms in total. The van der Waals surface area contributed by atoms with Gasteiger partial charge in [0.1, 0.15) is 11.4 Å². The van der Waals surface area contributed by atoms with Gasteiger partial charge < -0.3 is 10.1 Å². The number of hydrogen-bond donors (Lipinski definition) is 1. The molecule has 0 aromatic carbocycles. The van der Waals surface area contributed by atoms with Gasteiger partial charge in [0.25, 0.3) is 5.91 Å². The van der Waals surface area contributed by atoms with E-state index in [4.69, 9.17) is 4.74 Å². The molecule has 1 heterocycles. The van der Waals surface area contributed by atoms with E-state index in [1.807, 2.05) is 20.8 Å². The van der Waals surface area contributed by atoms with Gasteiger partial charge in [-0.15, -0.1) is 0 Å². The van der Waals surface area contributed by atoms with Crippen LogP contribution in [0.4, 0.5) is 0 Å². The van der Waals surface area contributed by atoms with Crippen LogP contribution in [0.15, 0.2) is 6.20 Å². The van der Waals surface area contributed by atoms with Crippen LogP contribution in [0.1, 0.15) is 81.4 Å². The molecule has 1 atom stereocenters. The van der Waals surface area contributed by atoms with Gasteiger partial charge in [-0.05, 0) is 43.9 Å². The minimum Gasteiger partial charge on any atom is -0.476 e. The van der Waals surface area contributed by atoms with Crippen molar-refractivity contribution in [3.63, 3.8) is 0 Å². The smallest absolute Gasteiger partial charge is 0.272 e. The summed E-state index contributed by atoms with van der Waals surface area (Å²) in [7, 11) is 0. The van der Waals surface area contributed by atoms with Gasteiger partial charge in [-0.1, -0.05) is 20.8 Å². The standard InChI is InChI=1S/C20H29N3O3/c1-4-17(24)15(9-12(2)3)22-19(25)16-10-21-18(14-7-8-14)20(23-16)26-11-13-5-6-13/h10,12-15H,4-9,11H2,1-3H3,(H,22,25)/t15-/m0/s1.